The minimum absolute atomic E-state index is 0.288. The van der Waals surface area contributed by atoms with Crippen LogP contribution in [-0.4, -0.2) is 19.0 Å². The van der Waals surface area contributed by atoms with E-state index in [1.165, 1.54) is 12.8 Å². The van der Waals surface area contributed by atoms with Crippen LogP contribution in [0.3, 0.4) is 0 Å². The van der Waals surface area contributed by atoms with Crippen LogP contribution >= 0.6 is 0 Å². The highest BCUT2D eigenvalue weighted by atomic mass is 16.5. The first kappa shape index (κ1) is 11.7. The quantitative estimate of drug-likeness (QED) is 0.635. The molecule has 0 saturated heterocycles. The minimum Gasteiger partial charge on any atom is -0.374 e. The van der Waals surface area contributed by atoms with Crippen LogP contribution in [0, 0.1) is 11.8 Å². The molecule has 2 unspecified atom stereocenters. The van der Waals surface area contributed by atoms with Crippen LogP contribution in [-0.2, 0) is 9.53 Å². The molecular weight excluding hydrogens is 176 g/mol. The largest absolute Gasteiger partial charge is 0.374 e. The Balaban J connectivity index is 2.22. The number of carbonyl (C=O) groups excluding carboxylic acids is 1. The SMILES string of the molecule is CCCOCC(=O)C1CCCC(C)C1. The maximum Gasteiger partial charge on any atom is 0.161 e. The number of hydrogen-bond acceptors (Lipinski definition) is 2. The van der Waals surface area contributed by atoms with Crippen LogP contribution in [0.4, 0.5) is 0 Å². The Labute approximate surface area is 87.0 Å². The topological polar surface area (TPSA) is 26.3 Å². The molecule has 0 radical (unpaired) electrons. The van der Waals surface area contributed by atoms with Gasteiger partial charge in [0, 0.05) is 12.5 Å². The van der Waals surface area contributed by atoms with Crippen molar-refractivity contribution in [3.05, 3.63) is 0 Å². The average Bonchev–Trinajstić information content (AvgIpc) is 2.18. The highest BCUT2D eigenvalue weighted by Gasteiger charge is 2.24. The molecule has 0 heterocycles. The van der Waals surface area contributed by atoms with Gasteiger partial charge in [-0.25, -0.2) is 0 Å². The number of carbonyl (C=O) groups is 1. The molecule has 0 amide bonds. The van der Waals surface area contributed by atoms with Crippen molar-refractivity contribution >= 4 is 5.78 Å². The molecule has 1 saturated carbocycles. The van der Waals surface area contributed by atoms with Gasteiger partial charge in [-0.3, -0.25) is 4.79 Å². The lowest BCUT2D eigenvalue weighted by Gasteiger charge is -2.25. The molecule has 2 nitrogen and oxygen atoms in total. The Morgan fingerprint density at radius 2 is 2.21 bits per heavy atom. The Bertz CT molecular complexity index is 177. The maximum atomic E-state index is 11.7. The van der Waals surface area contributed by atoms with Crippen LogP contribution in [0.1, 0.15) is 46.0 Å². The molecule has 14 heavy (non-hydrogen) atoms. The second-order valence-electron chi connectivity index (χ2n) is 4.49. The van der Waals surface area contributed by atoms with Gasteiger partial charge in [-0.05, 0) is 25.2 Å². The first-order valence-corrected chi connectivity index (χ1v) is 5.84. The molecule has 0 aromatic carbocycles. The third-order valence-corrected chi connectivity index (χ3v) is 2.98. The second kappa shape index (κ2) is 6.18. The van der Waals surface area contributed by atoms with E-state index in [-0.39, 0.29) is 5.92 Å². The summed E-state index contributed by atoms with van der Waals surface area (Å²) in [6, 6.07) is 0. The fourth-order valence-electron chi connectivity index (χ4n) is 2.16. The van der Waals surface area contributed by atoms with E-state index in [1.54, 1.807) is 0 Å². The Kier molecular flexibility index (Phi) is 5.16. The number of rotatable bonds is 5. The molecule has 2 heteroatoms. The molecule has 1 aliphatic rings. The van der Waals surface area contributed by atoms with Crippen LogP contribution in [0.25, 0.3) is 0 Å². The van der Waals surface area contributed by atoms with E-state index in [1.807, 2.05) is 0 Å². The van der Waals surface area contributed by atoms with E-state index in [4.69, 9.17) is 4.74 Å². The normalized spacial score (nSPS) is 27.6. The molecule has 0 aromatic rings. The van der Waals surface area contributed by atoms with Gasteiger partial charge < -0.3 is 4.74 Å². The van der Waals surface area contributed by atoms with Gasteiger partial charge in [0.2, 0.25) is 0 Å². The van der Waals surface area contributed by atoms with Crippen molar-refractivity contribution in [3.8, 4) is 0 Å². The summed E-state index contributed by atoms with van der Waals surface area (Å²) in [5, 5.41) is 0. The van der Waals surface area contributed by atoms with Gasteiger partial charge >= 0.3 is 0 Å². The van der Waals surface area contributed by atoms with E-state index in [2.05, 4.69) is 13.8 Å². The molecule has 0 aliphatic heterocycles. The molecule has 0 spiro atoms. The maximum absolute atomic E-state index is 11.7. The molecule has 82 valence electrons. The Morgan fingerprint density at radius 1 is 1.43 bits per heavy atom. The highest BCUT2D eigenvalue weighted by Crippen LogP contribution is 2.29. The summed E-state index contributed by atoms with van der Waals surface area (Å²) < 4.78 is 5.28. The molecule has 0 aromatic heterocycles. The lowest BCUT2D eigenvalue weighted by molar-refractivity contribution is -0.128. The number of ketones is 1. The standard InChI is InChI=1S/C12H22O2/c1-3-7-14-9-12(13)11-6-4-5-10(2)8-11/h10-11H,3-9H2,1-2H3. The molecule has 1 rings (SSSR count). The monoisotopic (exact) mass is 198 g/mol. The molecule has 2 atom stereocenters. The van der Waals surface area contributed by atoms with Gasteiger partial charge in [-0.1, -0.05) is 26.7 Å². The number of Topliss-reactive ketones (excluding diaryl/α,β-unsaturated/α-hetero) is 1. The van der Waals surface area contributed by atoms with Gasteiger partial charge in [-0.15, -0.1) is 0 Å². The molecule has 1 fully saturated rings. The zero-order chi connectivity index (χ0) is 10.4. The van der Waals surface area contributed by atoms with Gasteiger partial charge in [0.25, 0.3) is 0 Å². The Morgan fingerprint density at radius 3 is 2.86 bits per heavy atom. The van der Waals surface area contributed by atoms with Crippen molar-refractivity contribution in [2.75, 3.05) is 13.2 Å². The van der Waals surface area contributed by atoms with E-state index in [0.29, 0.717) is 19.0 Å². The number of ether oxygens (including phenoxy) is 1. The summed E-state index contributed by atoms with van der Waals surface area (Å²) in [5.41, 5.74) is 0. The summed E-state index contributed by atoms with van der Waals surface area (Å²) in [5.74, 6) is 1.34. The van der Waals surface area contributed by atoms with Crippen LogP contribution in [0.2, 0.25) is 0 Å². The van der Waals surface area contributed by atoms with Crippen molar-refractivity contribution in [1.82, 2.24) is 0 Å². The Hall–Kier alpha value is -0.370. The first-order valence-electron chi connectivity index (χ1n) is 5.84. The second-order valence-corrected chi connectivity index (χ2v) is 4.49. The third-order valence-electron chi connectivity index (χ3n) is 2.98. The van der Waals surface area contributed by atoms with Crippen LogP contribution in [0.5, 0.6) is 0 Å². The van der Waals surface area contributed by atoms with Crippen molar-refractivity contribution in [1.29, 1.82) is 0 Å². The zero-order valence-electron chi connectivity index (χ0n) is 9.42. The molecule has 1 aliphatic carbocycles. The van der Waals surface area contributed by atoms with Crippen molar-refractivity contribution in [3.63, 3.8) is 0 Å². The molecule has 0 bridgehead atoms. The van der Waals surface area contributed by atoms with Gasteiger partial charge in [0.05, 0.1) is 0 Å². The highest BCUT2D eigenvalue weighted by molar-refractivity contribution is 5.82. The minimum atomic E-state index is 0.288. The summed E-state index contributed by atoms with van der Waals surface area (Å²) in [6.07, 6.45) is 5.66. The number of hydrogen-bond donors (Lipinski definition) is 0. The van der Waals surface area contributed by atoms with Gasteiger partial charge in [0.1, 0.15) is 6.61 Å². The lowest BCUT2D eigenvalue weighted by atomic mass is 9.80. The van der Waals surface area contributed by atoms with Crippen LogP contribution < -0.4 is 0 Å². The van der Waals surface area contributed by atoms with Gasteiger partial charge in [-0.2, -0.15) is 0 Å². The fraction of sp³-hybridized carbons (Fsp3) is 0.917. The lowest BCUT2D eigenvalue weighted by Crippen LogP contribution is -2.25. The summed E-state index contributed by atoms with van der Waals surface area (Å²) in [7, 11) is 0. The van der Waals surface area contributed by atoms with Crippen molar-refractivity contribution < 1.29 is 9.53 Å². The molecule has 0 N–H and O–H groups in total. The summed E-state index contributed by atoms with van der Waals surface area (Å²) in [4.78, 5) is 11.7. The smallest absolute Gasteiger partial charge is 0.161 e. The predicted molar refractivity (Wildman–Crippen MR) is 57.2 cm³/mol. The summed E-state index contributed by atoms with van der Waals surface area (Å²) in [6.45, 7) is 5.36. The zero-order valence-corrected chi connectivity index (χ0v) is 9.42. The van der Waals surface area contributed by atoms with Crippen molar-refractivity contribution in [2.24, 2.45) is 11.8 Å². The summed E-state index contributed by atoms with van der Waals surface area (Å²) >= 11 is 0. The first-order chi connectivity index (χ1) is 6.74. The van der Waals surface area contributed by atoms with E-state index >= 15 is 0 Å². The van der Waals surface area contributed by atoms with E-state index in [0.717, 1.165) is 25.2 Å². The third kappa shape index (κ3) is 3.79. The van der Waals surface area contributed by atoms with Gasteiger partial charge in [0.15, 0.2) is 5.78 Å². The fourth-order valence-corrected chi connectivity index (χ4v) is 2.16. The molecular formula is C12H22O2. The van der Waals surface area contributed by atoms with Crippen molar-refractivity contribution in [2.45, 2.75) is 46.0 Å². The van der Waals surface area contributed by atoms with E-state index < -0.39 is 0 Å². The average molecular weight is 198 g/mol. The van der Waals surface area contributed by atoms with Crippen LogP contribution in [0.15, 0.2) is 0 Å². The predicted octanol–water partition coefficient (Wildman–Crippen LogP) is 2.81. The van der Waals surface area contributed by atoms with E-state index in [9.17, 15) is 4.79 Å².